The molecule has 3 rings (SSSR count). The first-order valence-corrected chi connectivity index (χ1v) is 8.34. The average molecular weight is 344 g/mol. The third-order valence-corrected chi connectivity index (χ3v) is 4.53. The summed E-state index contributed by atoms with van der Waals surface area (Å²) in [7, 11) is 1.55. The zero-order valence-corrected chi connectivity index (χ0v) is 14.0. The Balaban J connectivity index is 1.69. The van der Waals surface area contributed by atoms with Crippen LogP contribution in [0, 0.1) is 5.82 Å². The van der Waals surface area contributed by atoms with Gasteiger partial charge in [0.15, 0.2) is 11.5 Å². The maximum atomic E-state index is 13.0. The van der Waals surface area contributed by atoms with Gasteiger partial charge >= 0.3 is 0 Å². The molecule has 0 unspecified atom stereocenters. The Labute approximate surface area is 145 Å². The van der Waals surface area contributed by atoms with Gasteiger partial charge in [-0.1, -0.05) is 12.1 Å². The number of benzene rings is 1. The Hall–Kier alpha value is -2.54. The SMILES string of the molecule is CNC(=O)c1ccc(N2CCC[C@@H]2C[C@@H](O)c2ccc(F)cc2)nn1. The fraction of sp³-hybridized carbons (Fsp3) is 0.389. The van der Waals surface area contributed by atoms with Gasteiger partial charge in [-0.15, -0.1) is 10.2 Å². The minimum absolute atomic E-state index is 0.125. The first kappa shape index (κ1) is 17.3. The zero-order valence-electron chi connectivity index (χ0n) is 14.0. The summed E-state index contributed by atoms with van der Waals surface area (Å²) >= 11 is 0. The van der Waals surface area contributed by atoms with E-state index in [-0.39, 0.29) is 23.5 Å². The Kier molecular flexibility index (Phi) is 5.23. The van der Waals surface area contributed by atoms with Gasteiger partial charge in [0.1, 0.15) is 5.82 Å². The molecule has 2 heterocycles. The Bertz CT molecular complexity index is 721. The predicted molar refractivity (Wildman–Crippen MR) is 91.8 cm³/mol. The maximum absolute atomic E-state index is 13.0. The molecule has 6 nitrogen and oxygen atoms in total. The molecule has 25 heavy (non-hydrogen) atoms. The first-order valence-electron chi connectivity index (χ1n) is 8.34. The molecule has 1 fully saturated rings. The van der Waals surface area contributed by atoms with Crippen LogP contribution in [0.25, 0.3) is 0 Å². The Morgan fingerprint density at radius 2 is 2.08 bits per heavy atom. The van der Waals surface area contributed by atoms with Crippen molar-refractivity contribution in [2.24, 2.45) is 0 Å². The van der Waals surface area contributed by atoms with Gasteiger partial charge in [0, 0.05) is 19.6 Å². The molecule has 2 aromatic rings. The number of amides is 1. The van der Waals surface area contributed by atoms with Gasteiger partial charge in [0.05, 0.1) is 6.10 Å². The van der Waals surface area contributed by atoms with Crippen molar-refractivity contribution in [2.75, 3.05) is 18.5 Å². The van der Waals surface area contributed by atoms with Gasteiger partial charge in [-0.05, 0) is 49.1 Å². The molecule has 0 aliphatic carbocycles. The molecule has 2 atom stereocenters. The number of carbonyl (C=O) groups is 1. The molecule has 0 radical (unpaired) electrons. The van der Waals surface area contributed by atoms with E-state index in [1.54, 1.807) is 31.3 Å². The topological polar surface area (TPSA) is 78.4 Å². The lowest BCUT2D eigenvalue weighted by Crippen LogP contribution is -2.32. The molecule has 1 aliphatic rings. The minimum Gasteiger partial charge on any atom is -0.388 e. The number of aliphatic hydroxyl groups excluding tert-OH is 1. The highest BCUT2D eigenvalue weighted by molar-refractivity contribution is 5.91. The van der Waals surface area contributed by atoms with Gasteiger partial charge in [-0.2, -0.15) is 0 Å². The molecule has 1 aromatic carbocycles. The number of nitrogens with one attached hydrogen (secondary N) is 1. The van der Waals surface area contributed by atoms with Crippen molar-refractivity contribution in [2.45, 2.75) is 31.4 Å². The normalized spacial score (nSPS) is 18.2. The lowest BCUT2D eigenvalue weighted by molar-refractivity contribution is 0.0957. The number of rotatable bonds is 5. The summed E-state index contributed by atoms with van der Waals surface area (Å²) in [5.41, 5.74) is 0.975. The lowest BCUT2D eigenvalue weighted by atomic mass is 10.0. The van der Waals surface area contributed by atoms with Gasteiger partial charge < -0.3 is 15.3 Å². The second-order valence-corrected chi connectivity index (χ2v) is 6.15. The zero-order chi connectivity index (χ0) is 17.8. The van der Waals surface area contributed by atoms with E-state index in [4.69, 9.17) is 0 Å². The standard InChI is InChI=1S/C18H21FN4O2/c1-20-18(25)15-8-9-17(22-21-15)23-10-2-3-14(23)11-16(24)12-4-6-13(19)7-5-12/h4-9,14,16,24H,2-3,10-11H2,1H3,(H,20,25)/t14-,16-/m1/s1. The molecule has 132 valence electrons. The minimum atomic E-state index is -0.663. The number of nitrogens with zero attached hydrogens (tertiary/aromatic N) is 3. The van der Waals surface area contributed by atoms with E-state index >= 15 is 0 Å². The molecule has 1 aromatic heterocycles. The summed E-state index contributed by atoms with van der Waals surface area (Å²) in [4.78, 5) is 13.7. The summed E-state index contributed by atoms with van der Waals surface area (Å²) < 4.78 is 13.0. The highest BCUT2D eigenvalue weighted by Gasteiger charge is 2.28. The van der Waals surface area contributed by atoms with E-state index in [2.05, 4.69) is 20.4 Å². The number of aromatic nitrogens is 2. The van der Waals surface area contributed by atoms with Crippen LogP contribution in [0.2, 0.25) is 0 Å². The number of anilines is 1. The van der Waals surface area contributed by atoms with Crippen molar-refractivity contribution >= 4 is 11.7 Å². The van der Waals surface area contributed by atoms with Crippen LogP contribution in [0.15, 0.2) is 36.4 Å². The van der Waals surface area contributed by atoms with E-state index in [0.29, 0.717) is 17.8 Å². The molecule has 7 heteroatoms. The lowest BCUT2D eigenvalue weighted by Gasteiger charge is -2.27. The summed E-state index contributed by atoms with van der Waals surface area (Å²) in [5.74, 6) is 0.107. The second-order valence-electron chi connectivity index (χ2n) is 6.15. The average Bonchev–Trinajstić information content (AvgIpc) is 3.09. The largest absolute Gasteiger partial charge is 0.388 e. The van der Waals surface area contributed by atoms with Crippen molar-refractivity contribution in [3.05, 3.63) is 53.5 Å². The number of aliphatic hydroxyl groups is 1. The fourth-order valence-corrected chi connectivity index (χ4v) is 3.19. The van der Waals surface area contributed by atoms with E-state index in [0.717, 1.165) is 19.4 Å². The van der Waals surface area contributed by atoms with E-state index in [9.17, 15) is 14.3 Å². The number of carbonyl (C=O) groups excluding carboxylic acids is 1. The molecule has 1 saturated heterocycles. The summed E-state index contributed by atoms with van der Waals surface area (Å²) in [6.45, 7) is 0.828. The Morgan fingerprint density at radius 3 is 2.72 bits per heavy atom. The van der Waals surface area contributed by atoms with Crippen LogP contribution in [-0.4, -0.2) is 40.8 Å². The molecule has 0 bridgehead atoms. The summed E-state index contributed by atoms with van der Waals surface area (Å²) in [6, 6.07) is 9.48. The molecule has 2 N–H and O–H groups in total. The summed E-state index contributed by atoms with van der Waals surface area (Å²) in [5, 5.41) is 21.1. The number of halogens is 1. The number of hydrogen-bond acceptors (Lipinski definition) is 5. The quantitative estimate of drug-likeness (QED) is 0.868. The van der Waals surface area contributed by atoms with Crippen LogP contribution in [0.5, 0.6) is 0 Å². The maximum Gasteiger partial charge on any atom is 0.271 e. The van der Waals surface area contributed by atoms with Gasteiger partial charge in [-0.3, -0.25) is 4.79 Å². The monoisotopic (exact) mass is 344 g/mol. The molecular weight excluding hydrogens is 323 g/mol. The van der Waals surface area contributed by atoms with Crippen LogP contribution in [0.3, 0.4) is 0 Å². The highest BCUT2D eigenvalue weighted by Crippen LogP contribution is 2.30. The van der Waals surface area contributed by atoms with E-state index in [1.165, 1.54) is 12.1 Å². The third-order valence-electron chi connectivity index (χ3n) is 4.53. The van der Waals surface area contributed by atoms with Gasteiger partial charge in [-0.25, -0.2) is 4.39 Å². The molecule has 1 aliphatic heterocycles. The van der Waals surface area contributed by atoms with Crippen LogP contribution < -0.4 is 10.2 Å². The number of hydrogen-bond donors (Lipinski definition) is 2. The predicted octanol–water partition coefficient (Wildman–Crippen LogP) is 2.07. The first-order chi connectivity index (χ1) is 12.1. The van der Waals surface area contributed by atoms with Crippen molar-refractivity contribution in [1.29, 1.82) is 0 Å². The van der Waals surface area contributed by atoms with Crippen LogP contribution in [0.1, 0.15) is 41.4 Å². The second kappa shape index (κ2) is 7.57. The van der Waals surface area contributed by atoms with Crippen LogP contribution in [0.4, 0.5) is 10.2 Å². The van der Waals surface area contributed by atoms with Crippen molar-refractivity contribution in [1.82, 2.24) is 15.5 Å². The van der Waals surface area contributed by atoms with Gasteiger partial charge in [0.2, 0.25) is 0 Å². The van der Waals surface area contributed by atoms with E-state index in [1.807, 2.05) is 0 Å². The van der Waals surface area contributed by atoms with E-state index < -0.39 is 6.10 Å². The van der Waals surface area contributed by atoms with Crippen molar-refractivity contribution < 1.29 is 14.3 Å². The highest BCUT2D eigenvalue weighted by atomic mass is 19.1. The molecule has 0 spiro atoms. The van der Waals surface area contributed by atoms with Gasteiger partial charge in [0.25, 0.3) is 5.91 Å². The van der Waals surface area contributed by atoms with Crippen LogP contribution in [-0.2, 0) is 0 Å². The fourth-order valence-electron chi connectivity index (χ4n) is 3.19. The Morgan fingerprint density at radius 1 is 1.32 bits per heavy atom. The smallest absolute Gasteiger partial charge is 0.271 e. The molecule has 1 amide bonds. The van der Waals surface area contributed by atoms with Crippen molar-refractivity contribution in [3.8, 4) is 0 Å². The van der Waals surface area contributed by atoms with Crippen molar-refractivity contribution in [3.63, 3.8) is 0 Å². The van der Waals surface area contributed by atoms with Crippen LogP contribution >= 0.6 is 0 Å². The molecular formula is C18H21FN4O2. The molecule has 0 saturated carbocycles. The third kappa shape index (κ3) is 3.93. The summed E-state index contributed by atoms with van der Waals surface area (Å²) in [6.07, 6.45) is 1.81.